The van der Waals surface area contributed by atoms with Gasteiger partial charge in [-0.3, -0.25) is 14.9 Å². The van der Waals surface area contributed by atoms with Crippen LogP contribution >= 0.6 is 0 Å². The summed E-state index contributed by atoms with van der Waals surface area (Å²) in [7, 11) is 0. The third-order valence-corrected chi connectivity index (χ3v) is 5.23. The first kappa shape index (κ1) is 23.2. The Labute approximate surface area is 200 Å². The average Bonchev–Trinajstić information content (AvgIpc) is 3.30. The molecule has 0 saturated heterocycles. The number of Topliss-reactive ketones (excluding diaryl/α,β-unsaturated/α-hetero) is 1. The van der Waals surface area contributed by atoms with Crippen LogP contribution in [-0.2, 0) is 14.3 Å². The van der Waals surface area contributed by atoms with E-state index in [0.29, 0.717) is 22.6 Å². The lowest BCUT2D eigenvalue weighted by Crippen LogP contribution is -2.21. The number of carbonyl (C=O) groups is 3. The van der Waals surface area contributed by atoms with Crippen LogP contribution < -0.4 is 10.6 Å². The highest BCUT2D eigenvalue weighted by Gasteiger charge is 2.17. The third-order valence-electron chi connectivity index (χ3n) is 5.23. The molecular weight excluding hydrogens is 446 g/mol. The molecule has 0 aliphatic carbocycles. The van der Waals surface area contributed by atoms with Crippen LogP contribution in [0.3, 0.4) is 0 Å². The number of ether oxygens (including phenoxy) is 1. The van der Waals surface area contributed by atoms with E-state index in [0.717, 1.165) is 16.5 Å². The van der Waals surface area contributed by atoms with Crippen molar-refractivity contribution in [1.82, 2.24) is 9.97 Å². The molecule has 2 amide bonds. The quantitative estimate of drug-likeness (QED) is 0.329. The first-order valence-corrected chi connectivity index (χ1v) is 10.8. The smallest absolute Gasteiger partial charge is 0.413 e. The Balaban J connectivity index is 1.54. The number of aromatic amines is 1. The van der Waals surface area contributed by atoms with Crippen molar-refractivity contribution in [3.63, 3.8) is 0 Å². The lowest BCUT2D eigenvalue weighted by molar-refractivity contribution is -0.134. The van der Waals surface area contributed by atoms with Gasteiger partial charge in [0.15, 0.2) is 0 Å². The Morgan fingerprint density at radius 2 is 1.86 bits per heavy atom. The van der Waals surface area contributed by atoms with Gasteiger partial charge in [0.25, 0.3) is 5.91 Å². The molecule has 9 nitrogen and oxygen atoms in total. The number of nitrogens with one attached hydrogen (secondary N) is 3. The number of H-pyrrole nitrogens is 1. The van der Waals surface area contributed by atoms with Gasteiger partial charge in [-0.15, -0.1) is 0 Å². The van der Waals surface area contributed by atoms with Crippen LogP contribution in [0.2, 0.25) is 0 Å². The molecule has 35 heavy (non-hydrogen) atoms. The van der Waals surface area contributed by atoms with E-state index >= 15 is 0 Å². The van der Waals surface area contributed by atoms with E-state index in [1.54, 1.807) is 61.7 Å². The average molecular weight is 467 g/mol. The van der Waals surface area contributed by atoms with Crippen LogP contribution in [0.25, 0.3) is 22.2 Å². The minimum absolute atomic E-state index is 0.123. The molecule has 0 bridgehead atoms. The maximum atomic E-state index is 12.4. The van der Waals surface area contributed by atoms with Gasteiger partial charge in [-0.2, -0.15) is 5.26 Å². The summed E-state index contributed by atoms with van der Waals surface area (Å²) in [6.07, 6.45) is 1.52. The number of carbonyl (C=O) groups excluding carboxylic acids is 3. The fourth-order valence-corrected chi connectivity index (χ4v) is 3.49. The minimum Gasteiger partial charge on any atom is -0.426 e. The van der Waals surface area contributed by atoms with Crippen molar-refractivity contribution in [2.24, 2.45) is 0 Å². The Morgan fingerprint density at radius 1 is 1.06 bits per heavy atom. The summed E-state index contributed by atoms with van der Waals surface area (Å²) in [4.78, 5) is 43.4. The van der Waals surface area contributed by atoms with Gasteiger partial charge in [0.05, 0.1) is 11.9 Å². The molecule has 0 aliphatic heterocycles. The molecule has 0 radical (unpaired) electrons. The van der Waals surface area contributed by atoms with E-state index in [1.807, 2.05) is 18.2 Å². The second kappa shape index (κ2) is 10.3. The molecule has 4 rings (SSSR count). The number of hydrogen-bond donors (Lipinski definition) is 3. The Kier molecular flexibility index (Phi) is 6.83. The molecule has 0 spiro atoms. The lowest BCUT2D eigenvalue weighted by atomic mass is 10.0. The zero-order valence-electron chi connectivity index (χ0n) is 18.7. The Bertz CT molecular complexity index is 1440. The van der Waals surface area contributed by atoms with Gasteiger partial charge in [0, 0.05) is 34.8 Å². The normalized spacial score (nSPS) is 11.3. The number of anilines is 2. The van der Waals surface area contributed by atoms with Gasteiger partial charge in [-0.1, -0.05) is 49.4 Å². The summed E-state index contributed by atoms with van der Waals surface area (Å²) in [6, 6.07) is 19.5. The monoisotopic (exact) mass is 467 g/mol. The van der Waals surface area contributed by atoms with Gasteiger partial charge >= 0.3 is 6.09 Å². The fraction of sp³-hybridized carbons (Fsp3) is 0.115. The number of hydrogen-bond acceptors (Lipinski definition) is 6. The van der Waals surface area contributed by atoms with Crippen molar-refractivity contribution in [2.45, 2.75) is 19.4 Å². The number of nitrogens with zero attached hydrogens (tertiary/aromatic N) is 2. The Morgan fingerprint density at radius 3 is 2.60 bits per heavy atom. The number of rotatable bonds is 7. The topological polar surface area (TPSA) is 137 Å². The van der Waals surface area contributed by atoms with Gasteiger partial charge in [-0.25, -0.2) is 9.78 Å². The zero-order chi connectivity index (χ0) is 24.8. The molecule has 0 saturated carbocycles. The predicted molar refractivity (Wildman–Crippen MR) is 130 cm³/mol. The van der Waals surface area contributed by atoms with Crippen LogP contribution in [0.5, 0.6) is 0 Å². The Hall–Kier alpha value is -4.97. The number of aromatic nitrogens is 2. The lowest BCUT2D eigenvalue weighted by Gasteiger charge is -2.12. The molecule has 1 unspecified atom stereocenters. The van der Waals surface area contributed by atoms with Crippen molar-refractivity contribution >= 4 is 40.2 Å². The maximum Gasteiger partial charge on any atom is 0.413 e. The van der Waals surface area contributed by atoms with E-state index in [-0.39, 0.29) is 6.42 Å². The van der Waals surface area contributed by atoms with Crippen LogP contribution in [0, 0.1) is 11.3 Å². The fourth-order valence-electron chi connectivity index (χ4n) is 3.49. The number of benzene rings is 2. The van der Waals surface area contributed by atoms with Crippen molar-refractivity contribution in [3.05, 3.63) is 78.6 Å². The summed E-state index contributed by atoms with van der Waals surface area (Å²) in [6.45, 7) is 1.63. The molecule has 4 aromatic rings. The second-order valence-electron chi connectivity index (χ2n) is 7.58. The zero-order valence-corrected chi connectivity index (χ0v) is 18.7. The predicted octanol–water partition coefficient (Wildman–Crippen LogP) is 4.96. The van der Waals surface area contributed by atoms with Crippen LogP contribution in [-0.4, -0.2) is 27.8 Å². The highest BCUT2D eigenvalue weighted by atomic mass is 16.6. The first-order chi connectivity index (χ1) is 17.0. The van der Waals surface area contributed by atoms with Gasteiger partial charge < -0.3 is 15.0 Å². The van der Waals surface area contributed by atoms with E-state index < -0.39 is 23.9 Å². The van der Waals surface area contributed by atoms with Crippen molar-refractivity contribution < 1.29 is 19.1 Å². The van der Waals surface area contributed by atoms with E-state index in [2.05, 4.69) is 20.6 Å². The SMILES string of the molecule is CCC(=O)C(=O)Nc1cccc(-c2c[nH]c3ncc(NC(=O)OC(C#N)c4ccccc4)cc23)c1. The minimum atomic E-state index is -1.05. The van der Waals surface area contributed by atoms with Crippen molar-refractivity contribution in [3.8, 4) is 17.2 Å². The van der Waals surface area contributed by atoms with Gasteiger partial charge in [0.2, 0.25) is 11.9 Å². The van der Waals surface area contributed by atoms with Crippen LogP contribution in [0.1, 0.15) is 25.0 Å². The summed E-state index contributed by atoms with van der Waals surface area (Å²) >= 11 is 0. The molecule has 3 N–H and O–H groups in total. The summed E-state index contributed by atoms with van der Waals surface area (Å²) in [5, 5.41) is 15.3. The summed E-state index contributed by atoms with van der Waals surface area (Å²) in [5.41, 5.74) is 3.58. The van der Waals surface area contributed by atoms with Crippen LogP contribution in [0.15, 0.2) is 73.1 Å². The molecule has 174 valence electrons. The van der Waals surface area contributed by atoms with Gasteiger partial charge in [0.1, 0.15) is 11.7 Å². The second-order valence-corrected chi connectivity index (χ2v) is 7.58. The van der Waals surface area contributed by atoms with Gasteiger partial charge in [-0.05, 0) is 23.8 Å². The summed E-state index contributed by atoms with van der Waals surface area (Å²) in [5.74, 6) is -1.17. The first-order valence-electron chi connectivity index (χ1n) is 10.8. The third kappa shape index (κ3) is 5.34. The molecule has 2 aromatic carbocycles. The van der Waals surface area contributed by atoms with Crippen LogP contribution in [0.4, 0.5) is 16.2 Å². The molecular formula is C26H21N5O4. The van der Waals surface area contributed by atoms with E-state index in [9.17, 15) is 19.6 Å². The molecule has 9 heteroatoms. The summed E-state index contributed by atoms with van der Waals surface area (Å²) < 4.78 is 5.26. The molecule has 0 fully saturated rings. The highest BCUT2D eigenvalue weighted by molar-refractivity contribution is 6.40. The molecule has 0 aliphatic rings. The molecule has 1 atom stereocenters. The number of amides is 2. The number of fused-ring (bicyclic) bond motifs is 1. The standard InChI is InChI=1S/C26H21N5O4/c1-2-22(32)25(33)30-18-10-6-9-17(11-18)21-15-29-24-20(21)12-19(14-28-24)31-26(34)35-23(13-27)16-7-4-3-5-8-16/h3-12,14-15,23H,2H2,1H3,(H,28,29)(H,30,33)(H,31,34). The van der Waals surface area contributed by atoms with Crippen molar-refractivity contribution in [2.75, 3.05) is 10.6 Å². The number of nitriles is 1. The molecule has 2 aromatic heterocycles. The molecule has 2 heterocycles. The maximum absolute atomic E-state index is 12.4. The van der Waals surface area contributed by atoms with E-state index in [1.165, 1.54) is 6.20 Å². The van der Waals surface area contributed by atoms with E-state index in [4.69, 9.17) is 4.74 Å². The van der Waals surface area contributed by atoms with Crippen molar-refractivity contribution in [1.29, 1.82) is 5.26 Å². The number of pyridine rings is 1. The number of ketones is 1. The highest BCUT2D eigenvalue weighted by Crippen LogP contribution is 2.31. The largest absolute Gasteiger partial charge is 0.426 e.